The van der Waals surface area contributed by atoms with Crippen molar-refractivity contribution in [1.29, 1.82) is 0 Å². The van der Waals surface area contributed by atoms with Crippen molar-refractivity contribution in [2.24, 2.45) is 7.05 Å². The van der Waals surface area contributed by atoms with Crippen molar-refractivity contribution in [3.8, 4) is 0 Å². The Morgan fingerprint density at radius 1 is 1.50 bits per heavy atom. The molecule has 0 saturated carbocycles. The van der Waals surface area contributed by atoms with E-state index in [-0.39, 0.29) is 26.2 Å². The molecule has 5 nitrogen and oxygen atoms in total. The van der Waals surface area contributed by atoms with Crippen LogP contribution in [0.3, 0.4) is 0 Å². The minimum absolute atomic E-state index is 0.127. The first-order valence-corrected chi connectivity index (χ1v) is 5.15. The second kappa shape index (κ2) is 3.82. The molecule has 0 radical (unpaired) electrons. The topological polar surface area (TPSA) is 65.1 Å². The van der Waals surface area contributed by atoms with E-state index in [4.69, 9.17) is 0 Å². The van der Waals surface area contributed by atoms with Crippen molar-refractivity contribution >= 4 is 43.3 Å². The third kappa shape index (κ3) is 1.61. The lowest BCUT2D eigenvalue weighted by atomic mass is 10.3. The fourth-order valence-corrected chi connectivity index (χ4v) is 2.82. The summed E-state index contributed by atoms with van der Waals surface area (Å²) in [6.45, 7) is 1.36. The highest BCUT2D eigenvalue weighted by Crippen LogP contribution is 2.37. The van der Waals surface area contributed by atoms with Crippen molar-refractivity contribution < 1.29 is 9.72 Å². The second-order valence-corrected chi connectivity index (χ2v) is 4.22. The van der Waals surface area contributed by atoms with Crippen LogP contribution in [0.5, 0.6) is 0 Å². The maximum Gasteiger partial charge on any atom is 0.316 e. The molecule has 7 heteroatoms. The van der Waals surface area contributed by atoms with Gasteiger partial charge in [-0.2, -0.15) is 0 Å². The van der Waals surface area contributed by atoms with E-state index in [0.29, 0.717) is 0 Å². The van der Waals surface area contributed by atoms with Gasteiger partial charge in [0, 0.05) is 14.0 Å². The van der Waals surface area contributed by atoms with E-state index in [1.807, 2.05) is 0 Å². The molecule has 0 aromatic carbocycles. The summed E-state index contributed by atoms with van der Waals surface area (Å²) < 4.78 is 1.92. The van der Waals surface area contributed by atoms with Gasteiger partial charge in [-0.05, 0) is 31.9 Å². The summed E-state index contributed by atoms with van der Waals surface area (Å²) in [6, 6.07) is 0. The number of aromatic nitrogens is 1. The Morgan fingerprint density at radius 3 is 2.21 bits per heavy atom. The van der Waals surface area contributed by atoms with Gasteiger partial charge in [-0.3, -0.25) is 14.9 Å². The highest BCUT2D eigenvalue weighted by molar-refractivity contribution is 9.11. The maximum absolute atomic E-state index is 11.2. The molecule has 0 saturated heterocycles. The third-order valence-corrected chi connectivity index (χ3v) is 3.42. The van der Waals surface area contributed by atoms with Gasteiger partial charge in [-0.25, -0.2) is 0 Å². The SMILES string of the molecule is CC(=O)c1c(Br)c([N+](=O)[O-])c(Br)n1C. The summed E-state index contributed by atoms with van der Waals surface area (Å²) in [5, 5.41) is 10.7. The van der Waals surface area contributed by atoms with Crippen LogP contribution in [-0.2, 0) is 7.05 Å². The van der Waals surface area contributed by atoms with Crippen molar-refractivity contribution in [3.63, 3.8) is 0 Å². The molecule has 0 N–H and O–H groups in total. The highest BCUT2D eigenvalue weighted by Gasteiger charge is 2.28. The predicted molar refractivity (Wildman–Crippen MR) is 57.5 cm³/mol. The largest absolute Gasteiger partial charge is 0.329 e. The Balaban J connectivity index is 3.57. The van der Waals surface area contributed by atoms with Crippen molar-refractivity contribution in [3.05, 3.63) is 24.9 Å². The first-order valence-electron chi connectivity index (χ1n) is 3.57. The lowest BCUT2D eigenvalue weighted by Crippen LogP contribution is -2.01. The average molecular weight is 326 g/mol. The number of carbonyl (C=O) groups is 1. The van der Waals surface area contributed by atoms with Gasteiger partial charge in [0.25, 0.3) is 0 Å². The maximum atomic E-state index is 11.2. The molecule has 1 aromatic heterocycles. The minimum atomic E-state index is -0.541. The molecule has 0 unspecified atom stereocenters. The van der Waals surface area contributed by atoms with Crippen molar-refractivity contribution in [1.82, 2.24) is 4.57 Å². The van der Waals surface area contributed by atoms with Crippen LogP contribution in [0.1, 0.15) is 17.4 Å². The van der Waals surface area contributed by atoms with Gasteiger partial charge in [0.15, 0.2) is 10.4 Å². The van der Waals surface area contributed by atoms with E-state index in [1.54, 1.807) is 7.05 Å². The van der Waals surface area contributed by atoms with Gasteiger partial charge in [0.2, 0.25) is 0 Å². The smallest absolute Gasteiger partial charge is 0.316 e. The number of halogens is 2. The molecule has 76 valence electrons. The summed E-state index contributed by atoms with van der Waals surface area (Å²) in [6.07, 6.45) is 0. The molecule has 0 fully saturated rings. The minimum Gasteiger partial charge on any atom is -0.329 e. The van der Waals surface area contributed by atoms with Crippen LogP contribution in [0.15, 0.2) is 9.08 Å². The number of nitro groups is 1. The molecule has 0 atom stereocenters. The van der Waals surface area contributed by atoms with E-state index >= 15 is 0 Å². The zero-order valence-corrected chi connectivity index (χ0v) is 10.5. The zero-order valence-electron chi connectivity index (χ0n) is 7.38. The van der Waals surface area contributed by atoms with Gasteiger partial charge in [-0.15, -0.1) is 0 Å². The molecular formula is C7H6Br2N2O3. The summed E-state index contributed by atoms with van der Waals surface area (Å²) in [7, 11) is 1.58. The quantitative estimate of drug-likeness (QED) is 0.477. The molecule has 1 aromatic rings. The molecule has 1 rings (SSSR count). The van der Waals surface area contributed by atoms with Crippen LogP contribution >= 0.6 is 31.9 Å². The Kier molecular flexibility index (Phi) is 3.10. The van der Waals surface area contributed by atoms with Gasteiger partial charge < -0.3 is 4.57 Å². The van der Waals surface area contributed by atoms with E-state index in [1.165, 1.54) is 11.5 Å². The molecule has 0 aliphatic rings. The van der Waals surface area contributed by atoms with Gasteiger partial charge in [0.1, 0.15) is 10.2 Å². The van der Waals surface area contributed by atoms with Crippen LogP contribution in [0, 0.1) is 10.1 Å². The van der Waals surface area contributed by atoms with Crippen LogP contribution < -0.4 is 0 Å². The van der Waals surface area contributed by atoms with Gasteiger partial charge >= 0.3 is 5.69 Å². The zero-order chi connectivity index (χ0) is 11.0. The molecule has 0 aliphatic carbocycles. The summed E-state index contributed by atoms with van der Waals surface area (Å²) >= 11 is 6.10. The third-order valence-electron chi connectivity index (χ3n) is 1.76. The molecule has 0 spiro atoms. The molecule has 0 bridgehead atoms. The number of ketones is 1. The first-order chi connectivity index (χ1) is 6.37. The van der Waals surface area contributed by atoms with E-state index in [0.717, 1.165) is 0 Å². The Labute approximate surface area is 96.5 Å². The van der Waals surface area contributed by atoms with Crippen molar-refractivity contribution in [2.75, 3.05) is 0 Å². The van der Waals surface area contributed by atoms with Crippen molar-refractivity contribution in [2.45, 2.75) is 6.92 Å². The van der Waals surface area contributed by atoms with Crippen LogP contribution in [-0.4, -0.2) is 15.3 Å². The summed E-state index contributed by atoms with van der Waals surface area (Å²) in [5.41, 5.74) is 0.154. The van der Waals surface area contributed by atoms with Gasteiger partial charge in [-0.1, -0.05) is 0 Å². The number of carbonyl (C=O) groups excluding carboxylic acids is 1. The number of hydrogen-bond acceptors (Lipinski definition) is 3. The summed E-state index contributed by atoms with van der Waals surface area (Å²) in [5.74, 6) is -0.229. The van der Waals surface area contributed by atoms with E-state index in [2.05, 4.69) is 31.9 Å². The number of hydrogen-bond donors (Lipinski definition) is 0. The van der Waals surface area contributed by atoms with Crippen LogP contribution in [0.25, 0.3) is 0 Å². The Hall–Kier alpha value is -0.690. The second-order valence-electron chi connectivity index (χ2n) is 2.67. The van der Waals surface area contributed by atoms with E-state index < -0.39 is 4.92 Å². The van der Waals surface area contributed by atoms with Gasteiger partial charge in [0.05, 0.1) is 4.92 Å². The van der Waals surface area contributed by atoms with Crippen LogP contribution in [0.4, 0.5) is 5.69 Å². The average Bonchev–Trinajstić information content (AvgIpc) is 2.23. The molecular weight excluding hydrogens is 320 g/mol. The fourth-order valence-electron chi connectivity index (χ4n) is 1.15. The number of Topliss-reactive ketones (excluding diaryl/α,β-unsaturated/α-hetero) is 1. The lowest BCUT2D eigenvalue weighted by Gasteiger charge is -1.97. The molecule has 0 amide bonds. The normalized spacial score (nSPS) is 10.3. The number of nitrogens with zero attached hydrogens (tertiary/aromatic N) is 2. The molecule has 14 heavy (non-hydrogen) atoms. The fraction of sp³-hybridized carbons (Fsp3) is 0.286. The molecule has 1 heterocycles. The monoisotopic (exact) mass is 324 g/mol. The van der Waals surface area contributed by atoms with E-state index in [9.17, 15) is 14.9 Å². The molecule has 0 aliphatic heterocycles. The Morgan fingerprint density at radius 2 is 2.00 bits per heavy atom. The predicted octanol–water partition coefficient (Wildman–Crippen LogP) is 2.66. The number of rotatable bonds is 2. The van der Waals surface area contributed by atoms with Crippen LogP contribution in [0.2, 0.25) is 0 Å². The lowest BCUT2D eigenvalue weighted by molar-refractivity contribution is -0.386. The summed E-state index contributed by atoms with van der Waals surface area (Å²) in [4.78, 5) is 21.3. The Bertz CT molecular complexity index is 388. The standard InChI is InChI=1S/C7H6Br2N2O3/c1-3(12)5-4(8)6(11(13)14)7(9)10(5)2/h1-2H3. The first kappa shape index (κ1) is 11.4. The highest BCUT2D eigenvalue weighted by atomic mass is 79.9.